The molecule has 2 nitrogen and oxygen atoms in total. The first-order valence-electron chi connectivity index (χ1n) is 6.68. The van der Waals surface area contributed by atoms with Crippen LogP contribution in [-0.4, -0.2) is 13.2 Å². The minimum absolute atomic E-state index is 0.623. The molecule has 0 aromatic rings. The minimum atomic E-state index is 0.623. The van der Waals surface area contributed by atoms with Crippen LogP contribution in [0.4, 0.5) is 0 Å². The van der Waals surface area contributed by atoms with E-state index in [0.717, 1.165) is 6.54 Å². The highest BCUT2D eigenvalue weighted by Gasteiger charge is 2.25. The maximum absolute atomic E-state index is 5.37. The lowest BCUT2D eigenvalue weighted by Gasteiger charge is -2.33. The first-order chi connectivity index (χ1) is 7.27. The van der Waals surface area contributed by atoms with E-state index in [1.807, 2.05) is 0 Å². The summed E-state index contributed by atoms with van der Waals surface area (Å²) in [6, 6.07) is 0. The number of rotatable bonds is 7. The number of nitrogens with two attached hydrogens (primary N) is 1. The largest absolute Gasteiger partial charge is 0.318 e. The maximum Gasteiger partial charge on any atom is 0.0428 e. The smallest absolute Gasteiger partial charge is 0.0428 e. The molecule has 15 heavy (non-hydrogen) atoms. The first-order valence-corrected chi connectivity index (χ1v) is 6.68. The Balaban J connectivity index is 1.98. The van der Waals surface area contributed by atoms with E-state index in [9.17, 15) is 0 Å². The van der Waals surface area contributed by atoms with Crippen LogP contribution >= 0.6 is 0 Å². The monoisotopic (exact) mass is 212 g/mol. The van der Waals surface area contributed by atoms with Gasteiger partial charge in [0.05, 0.1) is 0 Å². The molecule has 0 aliphatic heterocycles. The molecule has 0 aromatic heterocycles. The molecule has 90 valence electrons. The topological polar surface area (TPSA) is 38.0 Å². The fourth-order valence-electron chi connectivity index (χ4n) is 2.74. The Bertz CT molecular complexity index is 151. The van der Waals surface area contributed by atoms with Crippen LogP contribution in [0, 0.1) is 5.41 Å². The lowest BCUT2D eigenvalue weighted by atomic mass is 9.72. The molecule has 1 aliphatic carbocycles. The summed E-state index contributed by atoms with van der Waals surface area (Å²) in [4.78, 5) is 0. The normalized spacial score (nSPS) is 20.4. The Hall–Kier alpha value is -0.0800. The lowest BCUT2D eigenvalue weighted by Crippen LogP contribution is -2.23. The van der Waals surface area contributed by atoms with Crippen LogP contribution in [0.15, 0.2) is 0 Å². The van der Waals surface area contributed by atoms with E-state index < -0.39 is 0 Å². The van der Waals surface area contributed by atoms with Gasteiger partial charge < -0.3 is 11.1 Å². The number of hydrogen-bond donors (Lipinski definition) is 2. The first kappa shape index (κ1) is 13.0. The van der Waals surface area contributed by atoms with Gasteiger partial charge in [-0.15, -0.1) is 0 Å². The quantitative estimate of drug-likeness (QED) is 0.503. The van der Waals surface area contributed by atoms with Gasteiger partial charge in [0.1, 0.15) is 0 Å². The SMILES string of the molecule is CC1(CCCCCNCN)CCCCC1. The number of nitrogens with one attached hydrogen (secondary N) is 1. The molecule has 0 aromatic carbocycles. The van der Waals surface area contributed by atoms with Crippen molar-refractivity contribution in [3.63, 3.8) is 0 Å². The molecule has 1 aliphatic rings. The summed E-state index contributed by atoms with van der Waals surface area (Å²) < 4.78 is 0. The van der Waals surface area contributed by atoms with Gasteiger partial charge in [0, 0.05) is 6.67 Å². The zero-order chi connectivity index (χ0) is 11.0. The van der Waals surface area contributed by atoms with Gasteiger partial charge in [0.15, 0.2) is 0 Å². The highest BCUT2D eigenvalue weighted by Crippen LogP contribution is 2.39. The number of hydrogen-bond acceptors (Lipinski definition) is 2. The van der Waals surface area contributed by atoms with Crippen molar-refractivity contribution in [3.8, 4) is 0 Å². The predicted molar refractivity (Wildman–Crippen MR) is 66.7 cm³/mol. The molecule has 1 saturated carbocycles. The third kappa shape index (κ3) is 5.53. The van der Waals surface area contributed by atoms with Crippen LogP contribution in [0.2, 0.25) is 0 Å². The van der Waals surface area contributed by atoms with Gasteiger partial charge >= 0.3 is 0 Å². The van der Waals surface area contributed by atoms with E-state index in [2.05, 4.69) is 12.2 Å². The van der Waals surface area contributed by atoms with Crippen molar-refractivity contribution in [3.05, 3.63) is 0 Å². The minimum Gasteiger partial charge on any atom is -0.318 e. The highest BCUT2D eigenvalue weighted by atomic mass is 14.9. The van der Waals surface area contributed by atoms with Crippen molar-refractivity contribution in [2.45, 2.75) is 64.7 Å². The van der Waals surface area contributed by atoms with Crippen molar-refractivity contribution in [1.29, 1.82) is 0 Å². The van der Waals surface area contributed by atoms with Gasteiger partial charge in [0.2, 0.25) is 0 Å². The second-order valence-electron chi connectivity index (χ2n) is 5.39. The van der Waals surface area contributed by atoms with Crippen LogP contribution in [-0.2, 0) is 0 Å². The molecule has 1 fully saturated rings. The number of unbranched alkanes of at least 4 members (excludes halogenated alkanes) is 2. The zero-order valence-electron chi connectivity index (χ0n) is 10.4. The van der Waals surface area contributed by atoms with Gasteiger partial charge in [-0.05, 0) is 37.6 Å². The molecule has 0 unspecified atom stereocenters. The van der Waals surface area contributed by atoms with Crippen molar-refractivity contribution in [2.24, 2.45) is 11.1 Å². The van der Waals surface area contributed by atoms with E-state index in [0.29, 0.717) is 12.1 Å². The maximum atomic E-state index is 5.37. The third-order valence-corrected chi connectivity index (χ3v) is 3.84. The van der Waals surface area contributed by atoms with Gasteiger partial charge in [-0.2, -0.15) is 0 Å². The standard InChI is InChI=1S/C13H28N2/c1-13(8-4-2-5-9-13)10-6-3-7-11-15-12-14/h15H,2-12,14H2,1H3. The molecule has 0 radical (unpaired) electrons. The lowest BCUT2D eigenvalue weighted by molar-refractivity contribution is 0.192. The summed E-state index contributed by atoms with van der Waals surface area (Å²) in [7, 11) is 0. The molecule has 0 amide bonds. The van der Waals surface area contributed by atoms with Gasteiger partial charge in [0.25, 0.3) is 0 Å². The van der Waals surface area contributed by atoms with Crippen molar-refractivity contribution in [2.75, 3.05) is 13.2 Å². The Labute approximate surface area is 95.0 Å². The molecule has 2 heteroatoms. The molecule has 0 heterocycles. The summed E-state index contributed by atoms with van der Waals surface area (Å²) in [6.07, 6.45) is 12.8. The molecular weight excluding hydrogens is 184 g/mol. The van der Waals surface area contributed by atoms with E-state index in [4.69, 9.17) is 5.73 Å². The van der Waals surface area contributed by atoms with E-state index in [1.54, 1.807) is 0 Å². The second-order valence-corrected chi connectivity index (χ2v) is 5.39. The summed E-state index contributed by atoms with van der Waals surface area (Å²) in [5.41, 5.74) is 6.05. The Kier molecular flexibility index (Phi) is 6.26. The summed E-state index contributed by atoms with van der Waals surface area (Å²) in [5.74, 6) is 0. The molecule has 0 bridgehead atoms. The summed E-state index contributed by atoms with van der Waals surface area (Å²) >= 11 is 0. The van der Waals surface area contributed by atoms with E-state index in [-0.39, 0.29) is 0 Å². The Morgan fingerprint density at radius 1 is 1.07 bits per heavy atom. The molecule has 0 atom stereocenters. The van der Waals surface area contributed by atoms with Crippen LogP contribution in [0.1, 0.15) is 64.7 Å². The zero-order valence-corrected chi connectivity index (χ0v) is 10.4. The van der Waals surface area contributed by atoms with Gasteiger partial charge in [-0.1, -0.05) is 39.0 Å². The van der Waals surface area contributed by atoms with Gasteiger partial charge in [-0.3, -0.25) is 0 Å². The van der Waals surface area contributed by atoms with Crippen LogP contribution in [0.5, 0.6) is 0 Å². The van der Waals surface area contributed by atoms with Crippen molar-refractivity contribution < 1.29 is 0 Å². The van der Waals surface area contributed by atoms with Crippen LogP contribution in [0.25, 0.3) is 0 Å². The van der Waals surface area contributed by atoms with E-state index in [1.165, 1.54) is 57.8 Å². The Morgan fingerprint density at radius 3 is 2.47 bits per heavy atom. The Morgan fingerprint density at radius 2 is 1.80 bits per heavy atom. The average Bonchev–Trinajstić information content (AvgIpc) is 2.24. The van der Waals surface area contributed by atoms with Crippen molar-refractivity contribution >= 4 is 0 Å². The summed E-state index contributed by atoms with van der Waals surface area (Å²) in [6.45, 7) is 4.20. The average molecular weight is 212 g/mol. The molecule has 3 N–H and O–H groups in total. The van der Waals surface area contributed by atoms with Gasteiger partial charge in [-0.25, -0.2) is 0 Å². The van der Waals surface area contributed by atoms with Crippen LogP contribution in [0.3, 0.4) is 0 Å². The van der Waals surface area contributed by atoms with E-state index >= 15 is 0 Å². The third-order valence-electron chi connectivity index (χ3n) is 3.84. The predicted octanol–water partition coefficient (Wildman–Crippen LogP) is 3.02. The molecular formula is C13H28N2. The summed E-state index contributed by atoms with van der Waals surface area (Å²) in [5, 5.41) is 3.17. The molecule has 1 rings (SSSR count). The highest BCUT2D eigenvalue weighted by molar-refractivity contribution is 4.78. The fraction of sp³-hybridized carbons (Fsp3) is 1.00. The molecule has 0 saturated heterocycles. The second kappa shape index (κ2) is 7.24. The van der Waals surface area contributed by atoms with Crippen molar-refractivity contribution in [1.82, 2.24) is 5.32 Å². The molecule has 0 spiro atoms. The fourth-order valence-corrected chi connectivity index (χ4v) is 2.74. The van der Waals surface area contributed by atoms with Crippen LogP contribution < -0.4 is 11.1 Å².